The summed E-state index contributed by atoms with van der Waals surface area (Å²) in [5, 5.41) is 14.8. The van der Waals surface area contributed by atoms with Crippen LogP contribution >= 0.6 is 0 Å². The van der Waals surface area contributed by atoms with Crippen LogP contribution in [0.3, 0.4) is 0 Å². The third kappa shape index (κ3) is 2.80. The Kier molecular flexibility index (Phi) is 3.36. The molecule has 19 heavy (non-hydrogen) atoms. The molecule has 0 saturated heterocycles. The smallest absolute Gasteiger partial charge is 0.371 e. The predicted molar refractivity (Wildman–Crippen MR) is 60.8 cm³/mol. The van der Waals surface area contributed by atoms with E-state index in [1.54, 1.807) is 0 Å². The van der Waals surface area contributed by atoms with Gasteiger partial charge in [-0.3, -0.25) is 5.10 Å². The van der Waals surface area contributed by atoms with Crippen LogP contribution in [0.2, 0.25) is 0 Å². The number of nitrogens with zero attached hydrogens (tertiary/aromatic N) is 2. The quantitative estimate of drug-likeness (QED) is 0.696. The Morgan fingerprint density at radius 2 is 2.32 bits per heavy atom. The van der Waals surface area contributed by atoms with Crippen molar-refractivity contribution in [3.8, 4) is 0 Å². The normalized spacial score (nSPS) is 11.6. The van der Waals surface area contributed by atoms with Crippen molar-refractivity contribution < 1.29 is 22.7 Å². The summed E-state index contributed by atoms with van der Waals surface area (Å²) in [5.74, 6) is -1.43. The van der Waals surface area contributed by atoms with Gasteiger partial charge in [0.25, 0.3) is 0 Å². The highest BCUT2D eigenvalue weighted by Crippen LogP contribution is 2.19. The number of hydrogen-bond donors (Lipinski definition) is 3. The molecule has 0 aliphatic rings. The lowest BCUT2D eigenvalue weighted by Crippen LogP contribution is -2.24. The van der Waals surface area contributed by atoms with E-state index >= 15 is 0 Å². The Morgan fingerprint density at radius 3 is 2.84 bits per heavy atom. The minimum absolute atomic E-state index is 0.00229. The van der Waals surface area contributed by atoms with Crippen molar-refractivity contribution in [2.45, 2.75) is 18.4 Å². The first-order valence-corrected chi connectivity index (χ1v) is 6.56. The topological polar surface area (TPSA) is 138 Å². The number of carboxylic acids is 1. The summed E-state index contributed by atoms with van der Waals surface area (Å²) in [6.07, 6.45) is 1.25. The standard InChI is InChI=1S/C9H10N4O5S/c1-5-7(2-6(18-5)9(14)15)19(16,17)12-3-8-10-4-11-13-8/h2,4,12H,3H2,1H3,(H,14,15)(H,10,11,13). The van der Waals surface area contributed by atoms with E-state index in [0.29, 0.717) is 5.82 Å². The van der Waals surface area contributed by atoms with Crippen LogP contribution in [0, 0.1) is 6.92 Å². The summed E-state index contributed by atoms with van der Waals surface area (Å²) < 4.78 is 31.0. The number of carbonyl (C=O) groups is 1. The van der Waals surface area contributed by atoms with Crippen LogP contribution in [-0.4, -0.2) is 34.7 Å². The molecule has 0 bridgehead atoms. The first-order chi connectivity index (χ1) is 8.90. The number of aromatic nitrogens is 3. The van der Waals surface area contributed by atoms with Crippen molar-refractivity contribution in [1.29, 1.82) is 0 Å². The van der Waals surface area contributed by atoms with Gasteiger partial charge < -0.3 is 9.52 Å². The first kappa shape index (κ1) is 13.2. The number of nitrogens with one attached hydrogen (secondary N) is 2. The second-order valence-electron chi connectivity index (χ2n) is 3.59. The Hall–Kier alpha value is -2.20. The molecule has 9 nitrogen and oxygen atoms in total. The van der Waals surface area contributed by atoms with Crippen LogP contribution < -0.4 is 4.72 Å². The fourth-order valence-electron chi connectivity index (χ4n) is 1.39. The zero-order chi connectivity index (χ0) is 14.0. The van der Waals surface area contributed by atoms with Crippen LogP contribution in [0.15, 0.2) is 21.7 Å². The number of H-pyrrole nitrogens is 1. The second-order valence-corrected chi connectivity index (χ2v) is 5.33. The van der Waals surface area contributed by atoms with Crippen LogP contribution in [0.1, 0.15) is 22.1 Å². The van der Waals surface area contributed by atoms with E-state index in [-0.39, 0.29) is 17.2 Å². The van der Waals surface area contributed by atoms with Crippen molar-refractivity contribution in [2.75, 3.05) is 0 Å². The molecule has 10 heteroatoms. The van der Waals surface area contributed by atoms with Gasteiger partial charge in [0.2, 0.25) is 15.8 Å². The summed E-state index contributed by atoms with van der Waals surface area (Å²) in [6, 6.07) is 0.959. The Bertz CT molecular complexity index is 688. The number of carboxylic acid groups (broad SMARTS) is 1. The van der Waals surface area contributed by atoms with Gasteiger partial charge in [-0.05, 0) is 6.92 Å². The number of aromatic amines is 1. The molecule has 2 heterocycles. The third-order valence-corrected chi connectivity index (χ3v) is 3.78. The molecule has 0 aliphatic heterocycles. The molecule has 0 radical (unpaired) electrons. The third-order valence-electron chi connectivity index (χ3n) is 2.27. The maximum absolute atomic E-state index is 12.0. The van der Waals surface area contributed by atoms with E-state index in [1.165, 1.54) is 13.3 Å². The highest BCUT2D eigenvalue weighted by atomic mass is 32.2. The van der Waals surface area contributed by atoms with Gasteiger partial charge in [-0.25, -0.2) is 22.9 Å². The summed E-state index contributed by atoms with van der Waals surface area (Å²) in [6.45, 7) is 1.28. The second kappa shape index (κ2) is 4.82. The lowest BCUT2D eigenvalue weighted by atomic mass is 10.4. The van der Waals surface area contributed by atoms with E-state index < -0.39 is 21.8 Å². The Morgan fingerprint density at radius 1 is 1.58 bits per heavy atom. The largest absolute Gasteiger partial charge is 0.475 e. The fourth-order valence-corrected chi connectivity index (χ4v) is 2.56. The number of furan rings is 1. The number of hydrogen-bond acceptors (Lipinski definition) is 6. The van der Waals surface area contributed by atoms with Gasteiger partial charge in [-0.1, -0.05) is 0 Å². The van der Waals surface area contributed by atoms with E-state index in [0.717, 1.165) is 6.07 Å². The van der Waals surface area contributed by atoms with E-state index in [1.807, 2.05) is 0 Å². The molecule has 0 spiro atoms. The fraction of sp³-hybridized carbons (Fsp3) is 0.222. The number of sulfonamides is 1. The molecule has 0 fully saturated rings. The van der Waals surface area contributed by atoms with Crippen molar-refractivity contribution in [1.82, 2.24) is 19.9 Å². The van der Waals surface area contributed by atoms with Crippen molar-refractivity contribution in [3.05, 3.63) is 29.7 Å². The van der Waals surface area contributed by atoms with E-state index in [9.17, 15) is 13.2 Å². The van der Waals surface area contributed by atoms with Gasteiger partial charge in [0.05, 0.1) is 6.54 Å². The Balaban J connectivity index is 2.22. The van der Waals surface area contributed by atoms with Crippen LogP contribution in [0.4, 0.5) is 0 Å². The summed E-state index contributed by atoms with van der Waals surface area (Å²) in [5.41, 5.74) is 0. The molecule has 0 atom stereocenters. The van der Waals surface area contributed by atoms with Crippen LogP contribution in [0.25, 0.3) is 0 Å². The highest BCUT2D eigenvalue weighted by Gasteiger charge is 2.23. The maximum Gasteiger partial charge on any atom is 0.371 e. The van der Waals surface area contributed by atoms with Gasteiger partial charge in [-0.2, -0.15) is 5.10 Å². The van der Waals surface area contributed by atoms with E-state index in [4.69, 9.17) is 9.52 Å². The molecule has 0 aromatic carbocycles. The van der Waals surface area contributed by atoms with Gasteiger partial charge in [-0.15, -0.1) is 0 Å². The van der Waals surface area contributed by atoms with Crippen molar-refractivity contribution in [2.24, 2.45) is 0 Å². The molecule has 2 aromatic heterocycles. The summed E-state index contributed by atoms with van der Waals surface area (Å²) in [7, 11) is -3.87. The SMILES string of the molecule is Cc1oc(C(=O)O)cc1S(=O)(=O)NCc1ncn[nH]1. The Labute approximate surface area is 107 Å². The van der Waals surface area contributed by atoms with Gasteiger partial charge in [0.15, 0.2) is 0 Å². The molecule has 2 aromatic rings. The van der Waals surface area contributed by atoms with Gasteiger partial charge >= 0.3 is 5.97 Å². The van der Waals surface area contributed by atoms with Crippen molar-refractivity contribution in [3.63, 3.8) is 0 Å². The first-order valence-electron chi connectivity index (χ1n) is 5.08. The summed E-state index contributed by atoms with van der Waals surface area (Å²) in [4.78, 5) is 14.2. The van der Waals surface area contributed by atoms with Gasteiger partial charge in [0.1, 0.15) is 22.8 Å². The zero-order valence-corrected chi connectivity index (χ0v) is 10.6. The van der Waals surface area contributed by atoms with Crippen LogP contribution in [0.5, 0.6) is 0 Å². The molecule has 3 N–H and O–H groups in total. The predicted octanol–water partition coefficient (Wildman–Crippen LogP) is -0.117. The minimum Gasteiger partial charge on any atom is -0.475 e. The molecular weight excluding hydrogens is 276 g/mol. The van der Waals surface area contributed by atoms with Gasteiger partial charge in [0, 0.05) is 6.07 Å². The molecule has 2 rings (SSSR count). The lowest BCUT2D eigenvalue weighted by Gasteiger charge is -2.02. The zero-order valence-electron chi connectivity index (χ0n) is 9.74. The lowest BCUT2D eigenvalue weighted by molar-refractivity contribution is 0.0661. The minimum atomic E-state index is -3.87. The highest BCUT2D eigenvalue weighted by molar-refractivity contribution is 7.89. The molecule has 0 aliphatic carbocycles. The average Bonchev–Trinajstić information content (AvgIpc) is 2.95. The molecule has 102 valence electrons. The molecule has 0 saturated carbocycles. The number of aromatic carboxylic acids is 1. The maximum atomic E-state index is 12.0. The molecule has 0 amide bonds. The van der Waals surface area contributed by atoms with Crippen LogP contribution in [-0.2, 0) is 16.6 Å². The monoisotopic (exact) mass is 286 g/mol. The number of aryl methyl sites for hydroxylation is 1. The molecule has 0 unspecified atom stereocenters. The molecular formula is C9H10N4O5S. The number of rotatable bonds is 5. The summed E-state index contributed by atoms with van der Waals surface area (Å²) >= 11 is 0. The van der Waals surface area contributed by atoms with E-state index in [2.05, 4.69) is 19.9 Å². The van der Waals surface area contributed by atoms with Crippen molar-refractivity contribution >= 4 is 16.0 Å². The average molecular weight is 286 g/mol.